The summed E-state index contributed by atoms with van der Waals surface area (Å²) in [4.78, 5) is 26.0. The van der Waals surface area contributed by atoms with E-state index in [1.807, 2.05) is 20.8 Å². The minimum atomic E-state index is -0.568. The van der Waals surface area contributed by atoms with Crippen molar-refractivity contribution in [2.75, 3.05) is 26.7 Å². The lowest BCUT2D eigenvalue weighted by atomic mass is 9.77. The Hall–Kier alpha value is -1.30. The third kappa shape index (κ3) is 3.67. The van der Waals surface area contributed by atoms with Crippen molar-refractivity contribution in [2.45, 2.75) is 51.7 Å². The van der Waals surface area contributed by atoms with Gasteiger partial charge in [-0.05, 0) is 58.5 Å². The van der Waals surface area contributed by atoms with E-state index >= 15 is 0 Å². The lowest BCUT2D eigenvalue weighted by molar-refractivity contribution is -0.145. The summed E-state index contributed by atoms with van der Waals surface area (Å²) in [6, 6.07) is -0.525. The van der Waals surface area contributed by atoms with Gasteiger partial charge >= 0.3 is 12.1 Å². The average Bonchev–Trinajstić information content (AvgIpc) is 2.76. The van der Waals surface area contributed by atoms with Crippen molar-refractivity contribution in [3.05, 3.63) is 0 Å². The first-order chi connectivity index (χ1) is 9.76. The van der Waals surface area contributed by atoms with Gasteiger partial charge in [0.2, 0.25) is 0 Å². The van der Waals surface area contributed by atoms with Crippen LogP contribution < -0.4 is 5.32 Å². The van der Waals surface area contributed by atoms with Crippen molar-refractivity contribution in [1.29, 1.82) is 0 Å². The Kier molecular flexibility index (Phi) is 4.46. The van der Waals surface area contributed by atoms with Gasteiger partial charge in [0.1, 0.15) is 11.6 Å². The second-order valence-corrected chi connectivity index (χ2v) is 7.10. The van der Waals surface area contributed by atoms with Crippen molar-refractivity contribution in [1.82, 2.24) is 10.2 Å². The minimum Gasteiger partial charge on any atom is -0.467 e. The molecular formula is C15H26N2O4. The number of likely N-dealkylation sites (tertiary alicyclic amines) is 1. The number of hydrogen-bond acceptors (Lipinski definition) is 5. The lowest BCUT2D eigenvalue weighted by Crippen LogP contribution is -2.44. The lowest BCUT2D eigenvalue weighted by Gasteiger charge is -2.33. The molecule has 120 valence electrons. The van der Waals surface area contributed by atoms with E-state index in [2.05, 4.69) is 5.32 Å². The Morgan fingerprint density at radius 1 is 1.24 bits per heavy atom. The van der Waals surface area contributed by atoms with Gasteiger partial charge in [0.25, 0.3) is 0 Å². The Bertz CT molecular complexity index is 410. The van der Waals surface area contributed by atoms with Crippen LogP contribution in [0.1, 0.15) is 40.0 Å². The van der Waals surface area contributed by atoms with E-state index in [0.29, 0.717) is 13.0 Å². The standard InChI is InChI=1S/C15H26N2O4/c1-14(2,3)21-13(19)17-10-15(5-7-16-8-6-15)9-11(17)12(18)20-4/h11,16H,5-10H2,1-4H3. The average molecular weight is 298 g/mol. The molecule has 1 spiro atoms. The van der Waals surface area contributed by atoms with E-state index in [0.717, 1.165) is 25.9 Å². The molecule has 0 aromatic heterocycles. The van der Waals surface area contributed by atoms with Gasteiger partial charge in [0, 0.05) is 6.54 Å². The molecule has 2 aliphatic rings. The van der Waals surface area contributed by atoms with Crippen molar-refractivity contribution in [2.24, 2.45) is 5.41 Å². The Morgan fingerprint density at radius 3 is 2.38 bits per heavy atom. The molecule has 0 aromatic rings. The SMILES string of the molecule is COC(=O)C1CC2(CCNCC2)CN1C(=O)OC(C)(C)C. The van der Waals surface area contributed by atoms with Crippen LogP contribution in [-0.4, -0.2) is 55.3 Å². The summed E-state index contributed by atoms with van der Waals surface area (Å²) in [7, 11) is 1.36. The molecule has 1 atom stereocenters. The number of methoxy groups -OCH3 is 1. The van der Waals surface area contributed by atoms with Crippen molar-refractivity contribution in [3.63, 3.8) is 0 Å². The van der Waals surface area contributed by atoms with Gasteiger partial charge < -0.3 is 14.8 Å². The maximum Gasteiger partial charge on any atom is 0.411 e. The number of piperidine rings is 1. The number of ether oxygens (including phenoxy) is 2. The van der Waals surface area contributed by atoms with Crippen molar-refractivity contribution in [3.8, 4) is 0 Å². The van der Waals surface area contributed by atoms with Gasteiger partial charge in [-0.2, -0.15) is 0 Å². The zero-order valence-electron chi connectivity index (χ0n) is 13.4. The molecule has 2 aliphatic heterocycles. The maximum absolute atomic E-state index is 12.4. The van der Waals surface area contributed by atoms with Crippen LogP contribution in [0.25, 0.3) is 0 Å². The highest BCUT2D eigenvalue weighted by Crippen LogP contribution is 2.42. The van der Waals surface area contributed by atoms with E-state index in [9.17, 15) is 9.59 Å². The zero-order valence-corrected chi connectivity index (χ0v) is 13.4. The van der Waals surface area contributed by atoms with Crippen LogP contribution in [0.5, 0.6) is 0 Å². The molecule has 0 aromatic carbocycles. The summed E-state index contributed by atoms with van der Waals surface area (Å²) in [5.74, 6) is -0.351. The van der Waals surface area contributed by atoms with Crippen LogP contribution >= 0.6 is 0 Å². The van der Waals surface area contributed by atoms with E-state index < -0.39 is 17.7 Å². The molecule has 1 amide bonds. The van der Waals surface area contributed by atoms with Crippen molar-refractivity contribution >= 4 is 12.1 Å². The summed E-state index contributed by atoms with van der Waals surface area (Å²) in [5.41, 5.74) is -0.553. The van der Waals surface area contributed by atoms with Crippen LogP contribution in [0.4, 0.5) is 4.79 Å². The Morgan fingerprint density at radius 2 is 1.86 bits per heavy atom. The predicted octanol–water partition coefficient (Wildman–Crippen LogP) is 1.54. The molecule has 0 aliphatic carbocycles. The monoisotopic (exact) mass is 298 g/mol. The van der Waals surface area contributed by atoms with E-state index in [1.54, 1.807) is 4.90 Å². The Labute approximate surface area is 126 Å². The Balaban J connectivity index is 2.16. The minimum absolute atomic E-state index is 0.0149. The number of hydrogen-bond donors (Lipinski definition) is 1. The fraction of sp³-hybridized carbons (Fsp3) is 0.867. The third-order valence-corrected chi connectivity index (χ3v) is 4.27. The fourth-order valence-corrected chi connectivity index (χ4v) is 3.23. The van der Waals surface area contributed by atoms with Gasteiger partial charge in [0.05, 0.1) is 7.11 Å². The first-order valence-electron chi connectivity index (χ1n) is 7.55. The molecular weight excluding hydrogens is 272 g/mol. The molecule has 0 bridgehead atoms. The molecule has 0 saturated carbocycles. The van der Waals surface area contributed by atoms with E-state index in [1.165, 1.54) is 7.11 Å². The first kappa shape index (κ1) is 16.1. The van der Waals surface area contributed by atoms with E-state index in [-0.39, 0.29) is 11.4 Å². The molecule has 1 N–H and O–H groups in total. The number of amides is 1. The zero-order chi connectivity index (χ0) is 15.7. The fourth-order valence-electron chi connectivity index (χ4n) is 3.23. The van der Waals surface area contributed by atoms with Crippen LogP contribution in [0.3, 0.4) is 0 Å². The van der Waals surface area contributed by atoms with Gasteiger partial charge in [0.15, 0.2) is 0 Å². The molecule has 2 heterocycles. The second-order valence-electron chi connectivity index (χ2n) is 7.10. The molecule has 1 unspecified atom stereocenters. The molecule has 21 heavy (non-hydrogen) atoms. The van der Waals surface area contributed by atoms with Gasteiger partial charge in [-0.3, -0.25) is 4.90 Å². The van der Waals surface area contributed by atoms with Crippen molar-refractivity contribution < 1.29 is 19.1 Å². The van der Waals surface area contributed by atoms with Gasteiger partial charge in [-0.15, -0.1) is 0 Å². The number of esters is 1. The topological polar surface area (TPSA) is 67.9 Å². The number of carbonyl (C=O) groups excluding carboxylic acids is 2. The van der Waals surface area contributed by atoms with Gasteiger partial charge in [-0.25, -0.2) is 9.59 Å². The maximum atomic E-state index is 12.4. The molecule has 2 fully saturated rings. The molecule has 2 saturated heterocycles. The smallest absolute Gasteiger partial charge is 0.411 e. The van der Waals surface area contributed by atoms with Crippen LogP contribution in [0, 0.1) is 5.41 Å². The number of nitrogens with one attached hydrogen (secondary N) is 1. The third-order valence-electron chi connectivity index (χ3n) is 4.27. The summed E-state index contributed by atoms with van der Waals surface area (Å²) in [6.07, 6.45) is 2.19. The number of nitrogens with zero attached hydrogens (tertiary/aromatic N) is 1. The van der Waals surface area contributed by atoms with Crippen LogP contribution in [0.15, 0.2) is 0 Å². The van der Waals surface area contributed by atoms with E-state index in [4.69, 9.17) is 9.47 Å². The highest BCUT2D eigenvalue weighted by Gasteiger charge is 2.50. The molecule has 2 rings (SSSR count). The van der Waals surface area contributed by atoms with Crippen LogP contribution in [-0.2, 0) is 14.3 Å². The normalized spacial score (nSPS) is 25.0. The molecule has 6 nitrogen and oxygen atoms in total. The first-order valence-corrected chi connectivity index (χ1v) is 7.55. The number of rotatable bonds is 1. The summed E-state index contributed by atoms with van der Waals surface area (Å²) >= 11 is 0. The highest BCUT2D eigenvalue weighted by atomic mass is 16.6. The second kappa shape index (κ2) is 5.83. The molecule has 0 radical (unpaired) electrons. The molecule has 6 heteroatoms. The highest BCUT2D eigenvalue weighted by molar-refractivity contribution is 5.82. The quantitative estimate of drug-likeness (QED) is 0.744. The largest absolute Gasteiger partial charge is 0.467 e. The predicted molar refractivity (Wildman–Crippen MR) is 77.9 cm³/mol. The number of carbonyl (C=O) groups is 2. The van der Waals surface area contributed by atoms with Crippen LogP contribution in [0.2, 0.25) is 0 Å². The van der Waals surface area contributed by atoms with Gasteiger partial charge in [-0.1, -0.05) is 0 Å². The summed E-state index contributed by atoms with van der Waals surface area (Å²) in [5, 5.41) is 3.33. The summed E-state index contributed by atoms with van der Waals surface area (Å²) in [6.45, 7) is 7.91. The summed E-state index contributed by atoms with van der Waals surface area (Å²) < 4.78 is 10.3.